The third-order valence-electron chi connectivity index (χ3n) is 4.04. The van der Waals surface area contributed by atoms with E-state index in [-0.39, 0.29) is 24.3 Å². The van der Waals surface area contributed by atoms with Crippen molar-refractivity contribution in [3.63, 3.8) is 0 Å². The third-order valence-corrected chi connectivity index (χ3v) is 5.31. The number of carbonyl (C=O) groups is 2. The number of piperazine rings is 1. The average Bonchev–Trinajstić information content (AvgIpc) is 2.34. The lowest BCUT2D eigenvalue weighted by molar-refractivity contribution is -0.149. The molecule has 7 nitrogen and oxygen atoms in total. The summed E-state index contributed by atoms with van der Waals surface area (Å²) in [6, 6.07) is 0. The first-order valence-corrected chi connectivity index (χ1v) is 9.00. The Morgan fingerprint density at radius 3 is 2.62 bits per heavy atom. The molecule has 0 spiro atoms. The standard InChI is InChI=1S/C13H23N3O4S/c1-13(2)12(18)15(9-11(17)14-13)7-10-5-4-6-16(8-10)21(3,19)20/h10H,4-9H2,1-3H3,(H,14,17). The monoisotopic (exact) mass is 317 g/mol. The Balaban J connectivity index is 2.04. The Labute approximate surface area is 125 Å². The minimum absolute atomic E-state index is 0.0532. The van der Waals surface area contributed by atoms with Gasteiger partial charge in [-0.2, -0.15) is 0 Å². The number of hydrogen-bond donors (Lipinski definition) is 1. The fraction of sp³-hybridized carbons (Fsp3) is 0.846. The van der Waals surface area contributed by atoms with Gasteiger partial charge < -0.3 is 10.2 Å². The lowest BCUT2D eigenvalue weighted by Crippen LogP contribution is -2.64. The topological polar surface area (TPSA) is 86.8 Å². The Morgan fingerprint density at radius 1 is 1.33 bits per heavy atom. The van der Waals surface area contributed by atoms with Gasteiger partial charge in [0.1, 0.15) is 5.54 Å². The summed E-state index contributed by atoms with van der Waals surface area (Å²) in [5, 5.41) is 2.67. The van der Waals surface area contributed by atoms with Crippen LogP contribution in [-0.2, 0) is 19.6 Å². The molecule has 0 radical (unpaired) electrons. The summed E-state index contributed by atoms with van der Waals surface area (Å²) in [5.41, 5.74) is -0.888. The van der Waals surface area contributed by atoms with Crippen molar-refractivity contribution in [1.82, 2.24) is 14.5 Å². The average molecular weight is 317 g/mol. The van der Waals surface area contributed by atoms with Gasteiger partial charge in [0.15, 0.2) is 0 Å². The first kappa shape index (κ1) is 16.2. The van der Waals surface area contributed by atoms with E-state index >= 15 is 0 Å². The first-order chi connectivity index (χ1) is 9.59. The second kappa shape index (κ2) is 5.57. The molecule has 0 aliphatic carbocycles. The first-order valence-electron chi connectivity index (χ1n) is 7.15. The summed E-state index contributed by atoms with van der Waals surface area (Å²) in [5.74, 6) is -0.201. The van der Waals surface area contributed by atoms with E-state index in [1.54, 1.807) is 18.7 Å². The van der Waals surface area contributed by atoms with Crippen molar-refractivity contribution in [2.45, 2.75) is 32.2 Å². The molecule has 2 amide bonds. The van der Waals surface area contributed by atoms with Gasteiger partial charge >= 0.3 is 0 Å². The van der Waals surface area contributed by atoms with Gasteiger partial charge in [0, 0.05) is 19.6 Å². The smallest absolute Gasteiger partial charge is 0.248 e. The highest BCUT2D eigenvalue weighted by Gasteiger charge is 2.40. The van der Waals surface area contributed by atoms with Gasteiger partial charge in [-0.15, -0.1) is 0 Å². The molecule has 1 N–H and O–H groups in total. The van der Waals surface area contributed by atoms with Crippen LogP contribution in [0.3, 0.4) is 0 Å². The number of rotatable bonds is 3. The van der Waals surface area contributed by atoms with Gasteiger partial charge in [-0.1, -0.05) is 0 Å². The molecule has 2 heterocycles. The second-order valence-corrected chi connectivity index (χ2v) is 8.47. The van der Waals surface area contributed by atoms with Crippen molar-refractivity contribution in [3.8, 4) is 0 Å². The van der Waals surface area contributed by atoms with E-state index in [0.29, 0.717) is 19.6 Å². The van der Waals surface area contributed by atoms with Gasteiger partial charge in [0.05, 0.1) is 12.8 Å². The summed E-state index contributed by atoms with van der Waals surface area (Å²) in [6.45, 7) is 4.81. The van der Waals surface area contributed by atoms with E-state index in [4.69, 9.17) is 0 Å². The maximum Gasteiger partial charge on any atom is 0.248 e. The summed E-state index contributed by atoms with van der Waals surface area (Å²) in [7, 11) is -3.20. The van der Waals surface area contributed by atoms with Crippen LogP contribution in [0.4, 0.5) is 0 Å². The van der Waals surface area contributed by atoms with Gasteiger partial charge in [0.25, 0.3) is 0 Å². The van der Waals surface area contributed by atoms with E-state index in [2.05, 4.69) is 5.32 Å². The van der Waals surface area contributed by atoms with Crippen LogP contribution in [0.25, 0.3) is 0 Å². The Morgan fingerprint density at radius 2 is 2.00 bits per heavy atom. The molecular formula is C13H23N3O4S. The zero-order valence-corrected chi connectivity index (χ0v) is 13.6. The molecule has 1 unspecified atom stereocenters. The molecule has 2 fully saturated rings. The van der Waals surface area contributed by atoms with E-state index < -0.39 is 15.6 Å². The van der Waals surface area contributed by atoms with Crippen LogP contribution in [0, 0.1) is 5.92 Å². The van der Waals surface area contributed by atoms with Crippen LogP contribution < -0.4 is 5.32 Å². The van der Waals surface area contributed by atoms with Crippen molar-refractivity contribution < 1.29 is 18.0 Å². The fourth-order valence-corrected chi connectivity index (χ4v) is 3.96. The summed E-state index contributed by atoms with van der Waals surface area (Å²) in [4.78, 5) is 25.6. The zero-order valence-electron chi connectivity index (χ0n) is 12.8. The molecule has 2 rings (SSSR count). The van der Waals surface area contributed by atoms with Gasteiger partial charge in [-0.05, 0) is 32.6 Å². The van der Waals surface area contributed by atoms with E-state index in [9.17, 15) is 18.0 Å². The Hall–Kier alpha value is -1.15. The number of amides is 2. The predicted molar refractivity (Wildman–Crippen MR) is 77.9 cm³/mol. The Kier molecular flexibility index (Phi) is 4.30. The molecule has 0 bridgehead atoms. The summed E-state index contributed by atoms with van der Waals surface area (Å²) in [6.07, 6.45) is 2.87. The van der Waals surface area contributed by atoms with Crippen LogP contribution in [-0.4, -0.2) is 67.4 Å². The highest BCUT2D eigenvalue weighted by molar-refractivity contribution is 7.88. The molecule has 120 valence electrons. The van der Waals surface area contributed by atoms with Crippen LogP contribution in [0.15, 0.2) is 0 Å². The molecule has 8 heteroatoms. The number of nitrogens with one attached hydrogen (secondary N) is 1. The van der Waals surface area contributed by atoms with Crippen molar-refractivity contribution in [2.75, 3.05) is 32.4 Å². The van der Waals surface area contributed by atoms with Crippen LogP contribution in [0.2, 0.25) is 0 Å². The van der Waals surface area contributed by atoms with Crippen molar-refractivity contribution in [3.05, 3.63) is 0 Å². The normalized spacial score (nSPS) is 27.6. The van der Waals surface area contributed by atoms with E-state index in [1.165, 1.54) is 10.6 Å². The Bertz CT molecular complexity index is 544. The number of sulfonamides is 1. The molecular weight excluding hydrogens is 294 g/mol. The SMILES string of the molecule is CC1(C)NC(=O)CN(CC2CCCN(S(C)(=O)=O)C2)C1=O. The van der Waals surface area contributed by atoms with E-state index in [0.717, 1.165) is 12.8 Å². The lowest BCUT2D eigenvalue weighted by atomic mass is 9.95. The minimum Gasteiger partial charge on any atom is -0.341 e. The number of hydrogen-bond acceptors (Lipinski definition) is 4. The van der Waals surface area contributed by atoms with Gasteiger partial charge in [-0.3, -0.25) is 9.59 Å². The number of piperidine rings is 1. The molecule has 0 aromatic heterocycles. The predicted octanol–water partition coefficient (Wildman–Crippen LogP) is -0.605. The highest BCUT2D eigenvalue weighted by atomic mass is 32.2. The molecule has 0 aromatic rings. The molecule has 0 saturated carbocycles. The molecule has 2 aliphatic rings. The van der Waals surface area contributed by atoms with Crippen molar-refractivity contribution >= 4 is 21.8 Å². The number of nitrogens with zero attached hydrogens (tertiary/aromatic N) is 2. The third kappa shape index (κ3) is 3.74. The lowest BCUT2D eigenvalue weighted by Gasteiger charge is -2.40. The summed E-state index contributed by atoms with van der Waals surface area (Å²) >= 11 is 0. The molecule has 0 aromatic carbocycles. The largest absolute Gasteiger partial charge is 0.341 e. The molecule has 1 atom stereocenters. The van der Waals surface area contributed by atoms with Gasteiger partial charge in [0.2, 0.25) is 21.8 Å². The van der Waals surface area contributed by atoms with Crippen LogP contribution in [0.1, 0.15) is 26.7 Å². The maximum atomic E-state index is 12.3. The van der Waals surface area contributed by atoms with Gasteiger partial charge in [-0.25, -0.2) is 12.7 Å². The molecule has 21 heavy (non-hydrogen) atoms. The minimum atomic E-state index is -3.20. The highest BCUT2D eigenvalue weighted by Crippen LogP contribution is 2.22. The second-order valence-electron chi connectivity index (χ2n) is 6.49. The quantitative estimate of drug-likeness (QED) is 0.753. The van der Waals surface area contributed by atoms with Crippen LogP contribution in [0.5, 0.6) is 0 Å². The number of carbonyl (C=O) groups excluding carboxylic acids is 2. The molecule has 2 aliphatic heterocycles. The maximum absolute atomic E-state index is 12.3. The van der Waals surface area contributed by atoms with Crippen molar-refractivity contribution in [1.29, 1.82) is 0 Å². The summed E-state index contributed by atoms with van der Waals surface area (Å²) < 4.78 is 24.7. The fourth-order valence-electron chi connectivity index (χ4n) is 3.02. The van der Waals surface area contributed by atoms with Crippen molar-refractivity contribution in [2.24, 2.45) is 5.92 Å². The zero-order chi connectivity index (χ0) is 15.8. The van der Waals surface area contributed by atoms with E-state index in [1.807, 2.05) is 0 Å². The molecule has 2 saturated heterocycles. The van der Waals surface area contributed by atoms with Crippen LogP contribution >= 0.6 is 0 Å².